The minimum atomic E-state index is -0.433. The van der Waals surface area contributed by atoms with Gasteiger partial charge in [-0.3, -0.25) is 9.69 Å². The van der Waals surface area contributed by atoms with Crippen molar-refractivity contribution in [1.82, 2.24) is 25.1 Å². The van der Waals surface area contributed by atoms with E-state index in [2.05, 4.69) is 26.9 Å². The van der Waals surface area contributed by atoms with Crippen LogP contribution in [-0.2, 0) is 11.3 Å². The van der Waals surface area contributed by atoms with E-state index in [0.29, 0.717) is 29.6 Å². The average molecular weight is 512 g/mol. The van der Waals surface area contributed by atoms with Crippen molar-refractivity contribution in [3.63, 3.8) is 0 Å². The van der Waals surface area contributed by atoms with Crippen LogP contribution in [0.1, 0.15) is 23.9 Å². The summed E-state index contributed by atoms with van der Waals surface area (Å²) in [5, 5.41) is 23.9. The molecule has 3 aromatic carbocycles. The first-order valence-electron chi connectivity index (χ1n) is 12.2. The van der Waals surface area contributed by atoms with Gasteiger partial charge in [-0.1, -0.05) is 35.9 Å². The van der Waals surface area contributed by atoms with E-state index in [1.807, 2.05) is 73.5 Å². The van der Waals surface area contributed by atoms with Crippen LogP contribution < -0.4 is 14.8 Å². The minimum absolute atomic E-state index is 0.0648. The van der Waals surface area contributed by atoms with Crippen LogP contribution in [0.4, 0.5) is 5.69 Å². The molecule has 1 unspecified atom stereocenters. The third-order valence-electron chi connectivity index (χ3n) is 5.76. The second-order valence-electron chi connectivity index (χ2n) is 8.71. The molecule has 38 heavy (non-hydrogen) atoms. The molecule has 0 aliphatic heterocycles. The molecular formula is C28H29N7O3. The van der Waals surface area contributed by atoms with Gasteiger partial charge in [-0.25, -0.2) is 4.68 Å². The van der Waals surface area contributed by atoms with Gasteiger partial charge in [0.15, 0.2) is 5.82 Å². The highest BCUT2D eigenvalue weighted by molar-refractivity contribution is 5.92. The summed E-state index contributed by atoms with van der Waals surface area (Å²) in [5.41, 5.74) is 1.78. The van der Waals surface area contributed by atoms with E-state index < -0.39 is 6.04 Å². The third-order valence-corrected chi connectivity index (χ3v) is 5.76. The van der Waals surface area contributed by atoms with Crippen LogP contribution in [0.3, 0.4) is 0 Å². The molecule has 1 amide bonds. The molecule has 1 heterocycles. The number of hydrogen-bond donors (Lipinski definition) is 1. The molecule has 1 aromatic heterocycles. The molecule has 0 spiro atoms. The zero-order valence-corrected chi connectivity index (χ0v) is 21.3. The molecule has 10 nitrogen and oxygen atoms in total. The molecule has 4 rings (SSSR count). The van der Waals surface area contributed by atoms with Crippen molar-refractivity contribution >= 4 is 11.6 Å². The molecule has 0 aliphatic carbocycles. The number of aromatic nitrogens is 4. The monoisotopic (exact) mass is 511 g/mol. The number of tetrazole rings is 1. The molecule has 0 bridgehead atoms. The number of aryl methyl sites for hydroxylation is 2. The number of rotatable bonds is 12. The van der Waals surface area contributed by atoms with Gasteiger partial charge in [0.2, 0.25) is 5.91 Å². The van der Waals surface area contributed by atoms with Crippen molar-refractivity contribution in [2.24, 2.45) is 0 Å². The Morgan fingerprint density at radius 3 is 2.42 bits per heavy atom. The number of benzene rings is 3. The summed E-state index contributed by atoms with van der Waals surface area (Å²) >= 11 is 0. The topological polar surface area (TPSA) is 118 Å². The highest BCUT2D eigenvalue weighted by Gasteiger charge is 2.26. The van der Waals surface area contributed by atoms with Crippen molar-refractivity contribution in [3.05, 3.63) is 90.3 Å². The summed E-state index contributed by atoms with van der Waals surface area (Å²) in [4.78, 5) is 14.7. The van der Waals surface area contributed by atoms with E-state index in [1.165, 1.54) is 0 Å². The number of nitrogens with zero attached hydrogens (tertiary/aromatic N) is 6. The Bertz CT molecular complexity index is 1350. The average Bonchev–Trinajstić information content (AvgIpc) is 3.38. The summed E-state index contributed by atoms with van der Waals surface area (Å²) in [5.74, 6) is 2.42. The molecule has 0 fully saturated rings. The number of carbonyl (C=O) groups excluding carboxylic acids is 1. The van der Waals surface area contributed by atoms with Gasteiger partial charge in [-0.05, 0) is 72.9 Å². The van der Waals surface area contributed by atoms with E-state index in [1.54, 1.807) is 28.9 Å². The first kappa shape index (κ1) is 26.3. The molecule has 0 saturated carbocycles. The molecule has 194 valence electrons. The lowest BCUT2D eigenvalue weighted by Crippen LogP contribution is -2.37. The van der Waals surface area contributed by atoms with Crippen LogP contribution in [0.5, 0.6) is 17.2 Å². The molecular weight excluding hydrogens is 482 g/mol. The molecule has 0 saturated heterocycles. The van der Waals surface area contributed by atoms with E-state index in [4.69, 9.17) is 14.7 Å². The Morgan fingerprint density at radius 1 is 1.03 bits per heavy atom. The van der Waals surface area contributed by atoms with Crippen molar-refractivity contribution in [2.75, 3.05) is 25.5 Å². The number of hydrogen-bond acceptors (Lipinski definition) is 8. The Hall–Kier alpha value is -4.75. The Balaban J connectivity index is 1.41. The van der Waals surface area contributed by atoms with Gasteiger partial charge in [0.05, 0.1) is 25.6 Å². The number of nitriles is 1. The fourth-order valence-electron chi connectivity index (χ4n) is 3.74. The standard InChI is InChI=1S/C28H29N7O3/c1-21-9-13-23(14-10-21)37-20-26(28-31-32-33-35(28)18-6-17-29)34(2)19-27(36)30-22-11-15-25(16-12-22)38-24-7-4-3-5-8-24/h3-5,7-16,26H,6,18-20H2,1-2H3,(H,30,36). The molecule has 0 aliphatic rings. The van der Waals surface area contributed by atoms with Gasteiger partial charge in [-0.2, -0.15) is 5.26 Å². The Morgan fingerprint density at radius 2 is 1.71 bits per heavy atom. The van der Waals surface area contributed by atoms with E-state index in [9.17, 15) is 4.79 Å². The van der Waals surface area contributed by atoms with E-state index in [-0.39, 0.29) is 25.5 Å². The quantitative estimate of drug-likeness (QED) is 0.298. The lowest BCUT2D eigenvalue weighted by Gasteiger charge is -2.26. The smallest absolute Gasteiger partial charge is 0.238 e. The first-order chi connectivity index (χ1) is 18.5. The summed E-state index contributed by atoms with van der Waals surface area (Å²) in [6, 6.07) is 26.1. The highest BCUT2D eigenvalue weighted by Crippen LogP contribution is 2.23. The van der Waals surface area contributed by atoms with Gasteiger partial charge in [0.1, 0.15) is 29.9 Å². The zero-order valence-electron chi connectivity index (χ0n) is 21.3. The fraction of sp³-hybridized carbons (Fsp3) is 0.250. The predicted molar refractivity (Wildman–Crippen MR) is 142 cm³/mol. The highest BCUT2D eigenvalue weighted by atomic mass is 16.5. The van der Waals surface area contributed by atoms with Crippen LogP contribution in [0.2, 0.25) is 0 Å². The van der Waals surface area contributed by atoms with Gasteiger partial charge in [0.25, 0.3) is 0 Å². The summed E-state index contributed by atoms with van der Waals surface area (Å²) < 4.78 is 13.4. The van der Waals surface area contributed by atoms with Crippen LogP contribution in [0.25, 0.3) is 0 Å². The summed E-state index contributed by atoms with van der Waals surface area (Å²) in [7, 11) is 1.81. The Kier molecular flexibility index (Phi) is 8.99. The second-order valence-corrected chi connectivity index (χ2v) is 8.71. The number of carbonyl (C=O) groups is 1. The molecule has 1 atom stereocenters. The lowest BCUT2D eigenvalue weighted by molar-refractivity contribution is -0.117. The van der Waals surface area contributed by atoms with E-state index >= 15 is 0 Å². The van der Waals surface area contributed by atoms with Crippen molar-refractivity contribution in [3.8, 4) is 23.3 Å². The number of ether oxygens (including phenoxy) is 2. The summed E-state index contributed by atoms with van der Waals surface area (Å²) in [6.45, 7) is 2.63. The van der Waals surface area contributed by atoms with E-state index in [0.717, 1.165) is 11.3 Å². The van der Waals surface area contributed by atoms with Crippen molar-refractivity contribution in [2.45, 2.75) is 25.9 Å². The summed E-state index contributed by atoms with van der Waals surface area (Å²) in [6.07, 6.45) is 0.262. The number of likely N-dealkylation sites (N-methyl/N-ethyl adjacent to an activating group) is 1. The molecule has 0 radical (unpaired) electrons. The van der Waals surface area contributed by atoms with Crippen molar-refractivity contribution < 1.29 is 14.3 Å². The number of amides is 1. The second kappa shape index (κ2) is 13.0. The maximum Gasteiger partial charge on any atom is 0.238 e. The molecule has 10 heteroatoms. The van der Waals surface area contributed by atoms with Crippen LogP contribution in [0.15, 0.2) is 78.9 Å². The number of nitrogens with one attached hydrogen (secondary N) is 1. The van der Waals surface area contributed by atoms with Crippen LogP contribution >= 0.6 is 0 Å². The van der Waals surface area contributed by atoms with Crippen molar-refractivity contribution in [1.29, 1.82) is 5.26 Å². The molecule has 1 N–H and O–H groups in total. The Labute approximate surface area is 221 Å². The van der Waals surface area contributed by atoms with Gasteiger partial charge in [-0.15, -0.1) is 5.10 Å². The van der Waals surface area contributed by atoms with Gasteiger partial charge < -0.3 is 14.8 Å². The molecule has 4 aromatic rings. The predicted octanol–water partition coefficient (Wildman–Crippen LogP) is 4.38. The van der Waals surface area contributed by atoms with Gasteiger partial charge in [0, 0.05) is 5.69 Å². The third kappa shape index (κ3) is 7.38. The number of anilines is 1. The van der Waals surface area contributed by atoms with Crippen LogP contribution in [-0.4, -0.2) is 51.2 Å². The first-order valence-corrected chi connectivity index (χ1v) is 12.2. The van der Waals surface area contributed by atoms with Gasteiger partial charge >= 0.3 is 0 Å². The normalized spacial score (nSPS) is 11.5. The van der Waals surface area contributed by atoms with Crippen LogP contribution in [0, 0.1) is 18.3 Å². The maximum atomic E-state index is 12.9. The largest absolute Gasteiger partial charge is 0.491 e. The fourth-order valence-corrected chi connectivity index (χ4v) is 3.74. The zero-order chi connectivity index (χ0) is 26.7. The SMILES string of the molecule is Cc1ccc(OCC(c2nnnn2CCC#N)N(C)CC(=O)Nc2ccc(Oc3ccccc3)cc2)cc1. The maximum absolute atomic E-state index is 12.9. The lowest BCUT2D eigenvalue weighted by atomic mass is 10.2. The minimum Gasteiger partial charge on any atom is -0.491 e. The number of para-hydroxylation sites is 1.